The lowest BCUT2D eigenvalue weighted by Gasteiger charge is -2.03. The number of hydrogen-bond donors (Lipinski definition) is 1. The van der Waals surface area contributed by atoms with Crippen molar-refractivity contribution in [2.24, 2.45) is 0 Å². The van der Waals surface area contributed by atoms with Gasteiger partial charge in [-0.25, -0.2) is 0 Å². The van der Waals surface area contributed by atoms with Gasteiger partial charge in [0.15, 0.2) is 0 Å². The first kappa shape index (κ1) is 10.4. The van der Waals surface area contributed by atoms with Crippen LogP contribution in [0.4, 0.5) is 0 Å². The van der Waals surface area contributed by atoms with Crippen LogP contribution < -0.4 is 5.32 Å². The topological polar surface area (TPSA) is 29.1 Å². The Morgan fingerprint density at radius 3 is 2.73 bits per heavy atom. The van der Waals surface area contributed by atoms with E-state index in [2.05, 4.69) is 25.0 Å². The maximum absolute atomic E-state index is 10.6. The van der Waals surface area contributed by atoms with E-state index in [4.69, 9.17) is 0 Å². The van der Waals surface area contributed by atoms with Gasteiger partial charge in [0.05, 0.1) is 0 Å². The summed E-state index contributed by atoms with van der Waals surface area (Å²) in [4.78, 5) is 10.6. The van der Waals surface area contributed by atoms with Crippen LogP contribution in [-0.4, -0.2) is 21.2 Å². The Morgan fingerprint density at radius 2 is 2.27 bits per heavy atom. The summed E-state index contributed by atoms with van der Waals surface area (Å²) in [6.07, 6.45) is 2.43. The van der Waals surface area contributed by atoms with Crippen molar-refractivity contribution in [3.63, 3.8) is 0 Å². The van der Waals surface area contributed by atoms with Crippen molar-refractivity contribution in [2.45, 2.75) is 25.6 Å². The molecule has 11 heavy (non-hydrogen) atoms. The third-order valence-corrected chi connectivity index (χ3v) is 3.01. The van der Waals surface area contributed by atoms with Gasteiger partial charge in [-0.2, -0.15) is 0 Å². The lowest BCUT2D eigenvalue weighted by molar-refractivity contribution is -0.116. The highest BCUT2D eigenvalue weighted by molar-refractivity contribution is 6.55. The molecule has 1 N–H and O–H groups in total. The zero-order valence-corrected chi connectivity index (χ0v) is 8.55. The first-order chi connectivity index (χ1) is 5.16. The number of amides is 1. The Morgan fingerprint density at radius 1 is 1.64 bits per heavy atom. The number of carbonyl (C=O) groups is 1. The lowest BCUT2D eigenvalue weighted by Crippen LogP contribution is -2.22. The van der Waals surface area contributed by atoms with Crippen LogP contribution in [0.3, 0.4) is 0 Å². The van der Waals surface area contributed by atoms with Gasteiger partial charge in [-0.15, -0.1) is 0 Å². The minimum absolute atomic E-state index is 0.0598. The average molecular weight is 171 g/mol. The van der Waals surface area contributed by atoms with Crippen LogP contribution in [0, 0.1) is 0 Å². The molecule has 0 rings (SSSR count). The summed E-state index contributed by atoms with van der Waals surface area (Å²) in [7, 11) is -0.420. The molecule has 0 aliphatic carbocycles. The van der Waals surface area contributed by atoms with E-state index in [1.54, 1.807) is 0 Å². The molecule has 0 heterocycles. The zero-order chi connectivity index (χ0) is 8.69. The van der Waals surface area contributed by atoms with Crippen molar-refractivity contribution in [2.75, 3.05) is 6.54 Å². The molecule has 64 valence electrons. The molecule has 0 saturated heterocycles. The fraction of sp³-hybridized carbons (Fsp3) is 0.625. The molecule has 0 saturated carbocycles. The molecular formula is C8H17NOSi. The van der Waals surface area contributed by atoms with Crippen LogP contribution in [-0.2, 0) is 4.79 Å². The second-order valence-corrected chi connectivity index (χ2v) is 6.40. The van der Waals surface area contributed by atoms with E-state index in [1.165, 1.54) is 12.1 Å². The number of rotatable bonds is 5. The second kappa shape index (κ2) is 6.16. The molecule has 0 aliphatic heterocycles. The molecule has 0 bridgehead atoms. The molecule has 0 atom stereocenters. The normalized spacial score (nSPS) is 9.73. The van der Waals surface area contributed by atoms with Gasteiger partial charge in [0.25, 0.3) is 0 Å². The molecule has 0 fully saturated rings. The highest BCUT2D eigenvalue weighted by Gasteiger charge is 1.96. The van der Waals surface area contributed by atoms with Crippen LogP contribution in [0.15, 0.2) is 12.7 Å². The smallest absolute Gasteiger partial charge is 0.243 e. The second-order valence-electron chi connectivity index (χ2n) is 3.03. The first-order valence-electron chi connectivity index (χ1n) is 4.07. The predicted octanol–water partition coefficient (Wildman–Crippen LogP) is 1.17. The molecule has 0 aromatic rings. The molecule has 2 nitrogen and oxygen atoms in total. The lowest BCUT2D eigenvalue weighted by atomic mass is 10.4. The van der Waals surface area contributed by atoms with E-state index in [0.29, 0.717) is 0 Å². The minimum atomic E-state index is -0.420. The summed E-state index contributed by atoms with van der Waals surface area (Å²) in [6.45, 7) is 8.80. The minimum Gasteiger partial charge on any atom is -0.353 e. The van der Waals surface area contributed by atoms with E-state index in [9.17, 15) is 4.79 Å². The predicted molar refractivity (Wildman–Crippen MR) is 51.5 cm³/mol. The summed E-state index contributed by atoms with van der Waals surface area (Å²) in [6, 6.07) is 1.30. The Hall–Kier alpha value is -0.573. The van der Waals surface area contributed by atoms with E-state index >= 15 is 0 Å². The van der Waals surface area contributed by atoms with Gasteiger partial charge in [0.1, 0.15) is 0 Å². The van der Waals surface area contributed by atoms with Crippen LogP contribution in [0.25, 0.3) is 0 Å². The van der Waals surface area contributed by atoms with Crippen molar-refractivity contribution in [3.8, 4) is 0 Å². The molecule has 0 radical (unpaired) electrons. The Balaban J connectivity index is 3.14. The molecular weight excluding hydrogens is 154 g/mol. The van der Waals surface area contributed by atoms with Crippen LogP contribution >= 0.6 is 0 Å². The SMILES string of the molecule is C=CC(=O)NCCC[SiH](C)C. The molecule has 3 heteroatoms. The Bertz CT molecular complexity index is 134. The monoisotopic (exact) mass is 171 g/mol. The maximum atomic E-state index is 10.6. The molecule has 0 aromatic carbocycles. The van der Waals surface area contributed by atoms with E-state index in [0.717, 1.165) is 13.0 Å². The molecule has 0 spiro atoms. The number of hydrogen-bond acceptors (Lipinski definition) is 1. The van der Waals surface area contributed by atoms with E-state index in [-0.39, 0.29) is 5.91 Å². The van der Waals surface area contributed by atoms with Gasteiger partial charge in [-0.05, 0) is 12.5 Å². The highest BCUT2D eigenvalue weighted by Crippen LogP contribution is 1.94. The van der Waals surface area contributed by atoms with E-state index in [1.807, 2.05) is 0 Å². The summed E-state index contributed by atoms with van der Waals surface area (Å²) >= 11 is 0. The standard InChI is InChI=1S/C8H17NOSi/c1-4-8(10)9-6-5-7-11(2)3/h4,11H,1,5-7H2,2-3H3,(H,9,10). The molecule has 0 aromatic heterocycles. The quantitative estimate of drug-likeness (QED) is 0.375. The number of nitrogens with one attached hydrogen (secondary N) is 1. The Kier molecular flexibility index (Phi) is 5.84. The summed E-state index contributed by atoms with van der Waals surface area (Å²) < 4.78 is 0. The third kappa shape index (κ3) is 7.32. The third-order valence-electron chi connectivity index (χ3n) is 1.44. The maximum Gasteiger partial charge on any atom is 0.243 e. The van der Waals surface area contributed by atoms with Crippen LogP contribution in [0.1, 0.15) is 6.42 Å². The van der Waals surface area contributed by atoms with Crippen molar-refractivity contribution in [1.29, 1.82) is 0 Å². The Labute approximate surface area is 70.3 Å². The largest absolute Gasteiger partial charge is 0.353 e. The van der Waals surface area contributed by atoms with Gasteiger partial charge in [-0.1, -0.05) is 25.7 Å². The van der Waals surface area contributed by atoms with Gasteiger partial charge < -0.3 is 5.32 Å². The average Bonchev–Trinajstić information content (AvgIpc) is 1.97. The van der Waals surface area contributed by atoms with Gasteiger partial charge in [0, 0.05) is 15.3 Å². The summed E-state index contributed by atoms with van der Waals surface area (Å²) in [5.74, 6) is -0.0598. The summed E-state index contributed by atoms with van der Waals surface area (Å²) in [5, 5.41) is 2.75. The fourth-order valence-electron chi connectivity index (χ4n) is 0.794. The first-order valence-corrected chi connectivity index (χ1v) is 7.19. The van der Waals surface area contributed by atoms with Crippen molar-refractivity contribution in [1.82, 2.24) is 5.32 Å². The van der Waals surface area contributed by atoms with Crippen molar-refractivity contribution < 1.29 is 4.79 Å². The molecule has 1 amide bonds. The molecule has 0 unspecified atom stereocenters. The van der Waals surface area contributed by atoms with Gasteiger partial charge >= 0.3 is 0 Å². The van der Waals surface area contributed by atoms with Crippen molar-refractivity contribution in [3.05, 3.63) is 12.7 Å². The highest BCUT2D eigenvalue weighted by atomic mass is 28.3. The molecule has 0 aliphatic rings. The summed E-state index contributed by atoms with van der Waals surface area (Å²) in [5.41, 5.74) is 0. The van der Waals surface area contributed by atoms with E-state index < -0.39 is 8.80 Å². The zero-order valence-electron chi connectivity index (χ0n) is 7.39. The number of carbonyl (C=O) groups excluding carboxylic acids is 1. The van der Waals surface area contributed by atoms with Gasteiger partial charge in [-0.3, -0.25) is 4.79 Å². The fourth-order valence-corrected chi connectivity index (χ4v) is 1.81. The van der Waals surface area contributed by atoms with Gasteiger partial charge in [0.2, 0.25) is 5.91 Å². The van der Waals surface area contributed by atoms with Crippen LogP contribution in [0.5, 0.6) is 0 Å². The van der Waals surface area contributed by atoms with Crippen molar-refractivity contribution >= 4 is 14.7 Å². The van der Waals surface area contributed by atoms with Crippen LogP contribution in [0.2, 0.25) is 19.1 Å².